The lowest BCUT2D eigenvalue weighted by molar-refractivity contribution is 0.527. The fourth-order valence-corrected chi connectivity index (χ4v) is 2.38. The lowest BCUT2D eigenvalue weighted by atomic mass is 10.2. The van der Waals surface area contributed by atoms with Crippen molar-refractivity contribution in [1.29, 1.82) is 0 Å². The monoisotopic (exact) mass is 341 g/mol. The average Bonchev–Trinajstić information content (AvgIpc) is 2.63. The van der Waals surface area contributed by atoms with Gasteiger partial charge in [-0.15, -0.1) is 0 Å². The lowest BCUT2D eigenvalue weighted by Crippen LogP contribution is -2.07. The van der Waals surface area contributed by atoms with Crippen molar-refractivity contribution in [3.05, 3.63) is 39.6 Å². The van der Waals surface area contributed by atoms with Gasteiger partial charge in [-0.05, 0) is 47.0 Å². The van der Waals surface area contributed by atoms with Crippen LogP contribution in [0.1, 0.15) is 19.5 Å². The SMILES string of the molecule is Cc1cn(CC(C)C)c(Nc2ccc(Cl)c(Br)c2)n1. The van der Waals surface area contributed by atoms with Gasteiger partial charge in [0.1, 0.15) is 0 Å². The highest BCUT2D eigenvalue weighted by molar-refractivity contribution is 9.10. The highest BCUT2D eigenvalue weighted by Gasteiger charge is 2.08. The van der Waals surface area contributed by atoms with Crippen LogP contribution in [0.2, 0.25) is 5.02 Å². The van der Waals surface area contributed by atoms with E-state index >= 15 is 0 Å². The summed E-state index contributed by atoms with van der Waals surface area (Å²) in [5, 5.41) is 4.03. The molecule has 0 aliphatic heterocycles. The third-order valence-corrected chi connectivity index (χ3v) is 3.85. The zero-order chi connectivity index (χ0) is 14.0. The van der Waals surface area contributed by atoms with E-state index in [0.717, 1.165) is 28.3 Å². The highest BCUT2D eigenvalue weighted by Crippen LogP contribution is 2.27. The van der Waals surface area contributed by atoms with Crippen LogP contribution in [0.4, 0.5) is 11.6 Å². The van der Waals surface area contributed by atoms with Crippen LogP contribution in [-0.4, -0.2) is 9.55 Å². The van der Waals surface area contributed by atoms with Gasteiger partial charge >= 0.3 is 0 Å². The fourth-order valence-electron chi connectivity index (χ4n) is 1.88. The van der Waals surface area contributed by atoms with E-state index in [1.54, 1.807) is 0 Å². The van der Waals surface area contributed by atoms with Crippen LogP contribution in [0.5, 0.6) is 0 Å². The molecule has 3 nitrogen and oxygen atoms in total. The lowest BCUT2D eigenvalue weighted by Gasteiger charge is -2.12. The van der Waals surface area contributed by atoms with Crippen molar-refractivity contribution >= 4 is 39.2 Å². The summed E-state index contributed by atoms with van der Waals surface area (Å²) in [5.74, 6) is 1.44. The van der Waals surface area contributed by atoms with Crippen molar-refractivity contribution in [2.24, 2.45) is 5.92 Å². The molecule has 0 bridgehead atoms. The van der Waals surface area contributed by atoms with Crippen molar-refractivity contribution in [3.63, 3.8) is 0 Å². The second-order valence-electron chi connectivity index (χ2n) is 5.01. The molecule has 2 rings (SSSR count). The van der Waals surface area contributed by atoms with Crippen LogP contribution in [0.25, 0.3) is 0 Å². The molecule has 1 aromatic heterocycles. The summed E-state index contributed by atoms with van der Waals surface area (Å²) >= 11 is 9.42. The Bertz CT molecular complexity index is 578. The van der Waals surface area contributed by atoms with E-state index in [1.807, 2.05) is 25.1 Å². The second kappa shape index (κ2) is 5.97. The van der Waals surface area contributed by atoms with Gasteiger partial charge in [-0.3, -0.25) is 0 Å². The van der Waals surface area contributed by atoms with Crippen molar-refractivity contribution in [2.75, 3.05) is 5.32 Å². The molecular weight excluding hydrogens is 326 g/mol. The van der Waals surface area contributed by atoms with E-state index in [1.165, 1.54) is 0 Å². The first-order valence-corrected chi connectivity index (χ1v) is 7.38. The number of nitrogens with one attached hydrogen (secondary N) is 1. The molecule has 0 spiro atoms. The number of halogens is 2. The third-order valence-electron chi connectivity index (χ3n) is 2.63. The molecule has 0 unspecified atom stereocenters. The maximum atomic E-state index is 5.99. The van der Waals surface area contributed by atoms with Gasteiger partial charge in [-0.1, -0.05) is 25.4 Å². The van der Waals surface area contributed by atoms with E-state index in [9.17, 15) is 0 Å². The van der Waals surface area contributed by atoms with Gasteiger partial charge in [0.05, 0.1) is 10.7 Å². The van der Waals surface area contributed by atoms with E-state index in [2.05, 4.69) is 50.8 Å². The van der Waals surface area contributed by atoms with Gasteiger partial charge < -0.3 is 9.88 Å². The molecule has 0 aliphatic rings. The van der Waals surface area contributed by atoms with Gasteiger partial charge in [-0.2, -0.15) is 0 Å². The molecule has 0 saturated carbocycles. The minimum atomic E-state index is 0.575. The Balaban J connectivity index is 2.24. The van der Waals surface area contributed by atoms with E-state index in [-0.39, 0.29) is 0 Å². The maximum Gasteiger partial charge on any atom is 0.207 e. The van der Waals surface area contributed by atoms with Crippen molar-refractivity contribution in [1.82, 2.24) is 9.55 Å². The van der Waals surface area contributed by atoms with E-state index in [4.69, 9.17) is 11.6 Å². The summed E-state index contributed by atoms with van der Waals surface area (Å²) in [6.07, 6.45) is 2.06. The molecule has 0 aliphatic carbocycles. The summed E-state index contributed by atoms with van der Waals surface area (Å²) in [6.45, 7) is 7.33. The normalized spacial score (nSPS) is 11.1. The van der Waals surface area contributed by atoms with Gasteiger partial charge in [-0.25, -0.2) is 4.98 Å². The zero-order valence-electron chi connectivity index (χ0n) is 11.2. The summed E-state index contributed by atoms with van der Waals surface area (Å²) in [7, 11) is 0. The Kier molecular flexibility index (Phi) is 4.53. The number of anilines is 2. The Morgan fingerprint density at radius 3 is 2.79 bits per heavy atom. The van der Waals surface area contributed by atoms with Crippen LogP contribution in [0, 0.1) is 12.8 Å². The molecule has 102 valence electrons. The molecule has 1 heterocycles. The summed E-state index contributed by atoms with van der Waals surface area (Å²) < 4.78 is 3.01. The zero-order valence-corrected chi connectivity index (χ0v) is 13.6. The third kappa shape index (κ3) is 3.74. The van der Waals surface area contributed by atoms with Gasteiger partial charge in [0.25, 0.3) is 0 Å². The van der Waals surface area contributed by atoms with Crippen LogP contribution in [0.3, 0.4) is 0 Å². The Hall–Kier alpha value is -1.00. The molecule has 2 aromatic rings. The van der Waals surface area contributed by atoms with E-state index in [0.29, 0.717) is 10.9 Å². The molecule has 19 heavy (non-hydrogen) atoms. The quantitative estimate of drug-likeness (QED) is 0.846. The molecule has 5 heteroatoms. The maximum absolute atomic E-state index is 5.99. The predicted octanol–water partition coefficient (Wildman–Crippen LogP) is 5.01. The summed E-state index contributed by atoms with van der Waals surface area (Å²) in [6, 6.07) is 5.75. The standard InChI is InChI=1S/C14H17BrClN3/c1-9(2)7-19-8-10(3)17-14(19)18-11-4-5-13(16)12(15)6-11/h4-6,8-9H,7H2,1-3H3,(H,17,18). The smallest absolute Gasteiger partial charge is 0.207 e. The van der Waals surface area contributed by atoms with Gasteiger partial charge in [0, 0.05) is 22.9 Å². The second-order valence-corrected chi connectivity index (χ2v) is 6.27. The minimum absolute atomic E-state index is 0.575. The number of imidazole rings is 1. The molecule has 1 aromatic carbocycles. The Morgan fingerprint density at radius 2 is 2.16 bits per heavy atom. The molecule has 0 radical (unpaired) electrons. The Labute approximate surface area is 127 Å². The molecular formula is C14H17BrClN3. The van der Waals surface area contributed by atoms with Crippen molar-refractivity contribution in [3.8, 4) is 0 Å². The highest BCUT2D eigenvalue weighted by atomic mass is 79.9. The first kappa shape index (κ1) is 14.4. The first-order valence-electron chi connectivity index (χ1n) is 6.21. The van der Waals surface area contributed by atoms with Crippen LogP contribution in [0.15, 0.2) is 28.9 Å². The van der Waals surface area contributed by atoms with Crippen molar-refractivity contribution < 1.29 is 0 Å². The molecule has 0 atom stereocenters. The number of rotatable bonds is 4. The van der Waals surface area contributed by atoms with Crippen LogP contribution < -0.4 is 5.32 Å². The number of aromatic nitrogens is 2. The fraction of sp³-hybridized carbons (Fsp3) is 0.357. The largest absolute Gasteiger partial charge is 0.326 e. The molecule has 1 N–H and O–H groups in total. The van der Waals surface area contributed by atoms with E-state index < -0.39 is 0 Å². The number of hydrogen-bond donors (Lipinski definition) is 1. The Morgan fingerprint density at radius 1 is 1.42 bits per heavy atom. The number of nitrogens with zero attached hydrogens (tertiary/aromatic N) is 2. The average molecular weight is 343 g/mol. The minimum Gasteiger partial charge on any atom is -0.326 e. The van der Waals surface area contributed by atoms with Crippen LogP contribution >= 0.6 is 27.5 Å². The summed E-state index contributed by atoms with van der Waals surface area (Å²) in [4.78, 5) is 4.51. The number of benzene rings is 1. The first-order chi connectivity index (χ1) is 8.95. The topological polar surface area (TPSA) is 29.9 Å². The van der Waals surface area contributed by atoms with Crippen molar-refractivity contribution in [2.45, 2.75) is 27.3 Å². The molecule has 0 amide bonds. The predicted molar refractivity (Wildman–Crippen MR) is 84.2 cm³/mol. The van der Waals surface area contributed by atoms with Gasteiger partial charge in [0.2, 0.25) is 5.95 Å². The summed E-state index contributed by atoms with van der Waals surface area (Å²) in [5.41, 5.74) is 1.98. The number of aryl methyl sites for hydroxylation is 1. The number of hydrogen-bond acceptors (Lipinski definition) is 2. The molecule has 0 saturated heterocycles. The molecule has 0 fully saturated rings. The van der Waals surface area contributed by atoms with Crippen LogP contribution in [-0.2, 0) is 6.54 Å². The van der Waals surface area contributed by atoms with Gasteiger partial charge in [0.15, 0.2) is 0 Å².